The summed E-state index contributed by atoms with van der Waals surface area (Å²) < 4.78 is 5.41. The van der Waals surface area contributed by atoms with Crippen molar-refractivity contribution in [3.63, 3.8) is 0 Å². The molecule has 24 heavy (non-hydrogen) atoms. The van der Waals surface area contributed by atoms with Crippen LogP contribution in [0.3, 0.4) is 0 Å². The van der Waals surface area contributed by atoms with E-state index in [1.165, 1.54) is 10.4 Å². The average molecular weight is 341 g/mol. The maximum absolute atomic E-state index is 12.5. The largest absolute Gasteiger partial charge is 0.495 e. The van der Waals surface area contributed by atoms with E-state index in [1.54, 1.807) is 18.4 Å². The predicted molar refractivity (Wildman–Crippen MR) is 97.4 cm³/mol. The van der Waals surface area contributed by atoms with E-state index in [4.69, 9.17) is 9.72 Å². The van der Waals surface area contributed by atoms with Gasteiger partial charge in [-0.25, -0.2) is 4.98 Å². The van der Waals surface area contributed by atoms with Gasteiger partial charge in [-0.15, -0.1) is 11.3 Å². The minimum Gasteiger partial charge on any atom is -0.495 e. The topological polar surface area (TPSA) is 58.2 Å². The molecule has 0 aliphatic heterocycles. The molecular weight excluding hydrogens is 322 g/mol. The Morgan fingerprint density at radius 1 is 1.33 bits per heavy atom. The van der Waals surface area contributed by atoms with Crippen LogP contribution >= 0.6 is 11.3 Å². The van der Waals surface area contributed by atoms with E-state index in [-0.39, 0.29) is 5.56 Å². The molecule has 1 aromatic carbocycles. The molecule has 0 saturated carbocycles. The third-order valence-corrected chi connectivity index (χ3v) is 5.69. The second kappa shape index (κ2) is 5.94. The lowest BCUT2D eigenvalue weighted by molar-refractivity contribution is 0.414. The monoisotopic (exact) mass is 341 g/mol. The summed E-state index contributed by atoms with van der Waals surface area (Å²) >= 11 is 1.67. The van der Waals surface area contributed by atoms with E-state index in [2.05, 4.69) is 4.98 Å². The number of fused-ring (bicyclic) bond motifs is 3. The lowest BCUT2D eigenvalue weighted by atomic mass is 10.2. The minimum atomic E-state index is -0.0113. The van der Waals surface area contributed by atoms with Crippen molar-refractivity contribution < 1.29 is 4.74 Å². The SMILES string of the molecule is COc1ccccc1N(C)Cc1nc2sc3c(c2c(=O)[nH]1)CCC3. The molecule has 5 nitrogen and oxygen atoms in total. The molecule has 0 unspecified atom stereocenters. The van der Waals surface area contributed by atoms with Crippen molar-refractivity contribution in [3.8, 4) is 5.75 Å². The van der Waals surface area contributed by atoms with Crippen molar-refractivity contribution in [1.29, 1.82) is 0 Å². The fourth-order valence-corrected chi connectivity index (χ4v) is 4.66. The smallest absolute Gasteiger partial charge is 0.259 e. The number of anilines is 1. The van der Waals surface area contributed by atoms with Crippen LogP contribution in [0.1, 0.15) is 22.7 Å². The molecule has 124 valence electrons. The Labute approximate surface area is 143 Å². The Hall–Kier alpha value is -2.34. The van der Waals surface area contributed by atoms with Gasteiger partial charge in [0.25, 0.3) is 5.56 Å². The third kappa shape index (κ3) is 2.47. The average Bonchev–Trinajstić information content (AvgIpc) is 3.15. The van der Waals surface area contributed by atoms with Gasteiger partial charge in [0.15, 0.2) is 0 Å². The first-order valence-corrected chi connectivity index (χ1v) is 8.86. The Morgan fingerprint density at radius 3 is 3.00 bits per heavy atom. The van der Waals surface area contributed by atoms with Gasteiger partial charge in [-0.1, -0.05) is 12.1 Å². The van der Waals surface area contributed by atoms with Gasteiger partial charge in [0, 0.05) is 11.9 Å². The third-order valence-electron chi connectivity index (χ3n) is 4.51. The highest BCUT2D eigenvalue weighted by atomic mass is 32.1. The number of nitrogens with one attached hydrogen (secondary N) is 1. The van der Waals surface area contributed by atoms with Crippen LogP contribution in [0.2, 0.25) is 0 Å². The van der Waals surface area contributed by atoms with Crippen LogP contribution in [-0.4, -0.2) is 24.1 Å². The zero-order valence-corrected chi connectivity index (χ0v) is 14.6. The Kier molecular flexibility index (Phi) is 3.76. The van der Waals surface area contributed by atoms with Gasteiger partial charge >= 0.3 is 0 Å². The van der Waals surface area contributed by atoms with Gasteiger partial charge in [0.05, 0.1) is 24.7 Å². The second-order valence-electron chi connectivity index (χ2n) is 6.08. The van der Waals surface area contributed by atoms with E-state index in [0.29, 0.717) is 12.4 Å². The van der Waals surface area contributed by atoms with Crippen molar-refractivity contribution in [2.75, 3.05) is 19.1 Å². The molecule has 0 atom stereocenters. The van der Waals surface area contributed by atoms with Crippen molar-refractivity contribution in [1.82, 2.24) is 9.97 Å². The molecule has 0 bridgehead atoms. The van der Waals surface area contributed by atoms with Crippen LogP contribution in [0.15, 0.2) is 29.1 Å². The molecule has 1 N–H and O–H groups in total. The maximum atomic E-state index is 12.5. The molecule has 4 rings (SSSR count). The number of rotatable bonds is 4. The molecule has 3 aromatic rings. The summed E-state index contributed by atoms with van der Waals surface area (Å²) in [5.74, 6) is 1.49. The van der Waals surface area contributed by atoms with Crippen LogP contribution in [-0.2, 0) is 19.4 Å². The van der Waals surface area contributed by atoms with E-state index >= 15 is 0 Å². The molecule has 2 heterocycles. The Balaban J connectivity index is 1.69. The van der Waals surface area contributed by atoms with Crippen LogP contribution in [0.25, 0.3) is 10.2 Å². The van der Waals surface area contributed by atoms with Crippen molar-refractivity contribution in [3.05, 3.63) is 50.9 Å². The number of ether oxygens (including phenoxy) is 1. The summed E-state index contributed by atoms with van der Waals surface area (Å²) in [5.41, 5.74) is 2.17. The first-order chi connectivity index (χ1) is 11.7. The highest BCUT2D eigenvalue weighted by Gasteiger charge is 2.21. The fraction of sp³-hybridized carbons (Fsp3) is 0.333. The molecular formula is C18H19N3O2S. The highest BCUT2D eigenvalue weighted by Crippen LogP contribution is 2.34. The first kappa shape index (κ1) is 15.2. The van der Waals surface area contributed by atoms with Gasteiger partial charge in [-0.2, -0.15) is 0 Å². The minimum absolute atomic E-state index is 0.0113. The number of hydrogen-bond acceptors (Lipinski definition) is 5. The van der Waals surface area contributed by atoms with Crippen LogP contribution in [0.4, 0.5) is 5.69 Å². The number of H-pyrrole nitrogens is 1. The molecule has 0 radical (unpaired) electrons. The number of aromatic amines is 1. The van der Waals surface area contributed by atoms with Gasteiger partial charge in [-0.3, -0.25) is 4.79 Å². The van der Waals surface area contributed by atoms with Crippen LogP contribution in [0, 0.1) is 0 Å². The summed E-state index contributed by atoms with van der Waals surface area (Å²) in [7, 11) is 3.63. The fourth-order valence-electron chi connectivity index (χ4n) is 3.38. The molecule has 0 spiro atoms. The number of para-hydroxylation sites is 2. The predicted octanol–water partition coefficient (Wildman–Crippen LogP) is 3.12. The summed E-state index contributed by atoms with van der Waals surface area (Å²) in [5, 5.41) is 0.802. The Bertz CT molecular complexity index is 961. The zero-order valence-electron chi connectivity index (χ0n) is 13.8. The maximum Gasteiger partial charge on any atom is 0.259 e. The second-order valence-corrected chi connectivity index (χ2v) is 7.16. The zero-order chi connectivity index (χ0) is 16.7. The van der Waals surface area contributed by atoms with Gasteiger partial charge < -0.3 is 14.6 Å². The van der Waals surface area contributed by atoms with Crippen molar-refractivity contribution in [2.24, 2.45) is 0 Å². The molecule has 1 aliphatic rings. The quantitative estimate of drug-likeness (QED) is 0.792. The standard InChI is InChI=1S/C18H19N3O2S/c1-21(12-7-3-4-8-13(12)23-2)10-15-19-17(22)16-11-6-5-9-14(11)24-18(16)20-15/h3-4,7-8H,5-6,9-10H2,1-2H3,(H,19,20,22). The number of aromatic nitrogens is 2. The van der Waals surface area contributed by atoms with E-state index in [1.807, 2.05) is 36.2 Å². The van der Waals surface area contributed by atoms with Crippen LogP contribution in [0.5, 0.6) is 5.75 Å². The number of thiophene rings is 1. The Morgan fingerprint density at radius 2 is 2.17 bits per heavy atom. The normalized spacial score (nSPS) is 13.2. The molecule has 0 fully saturated rings. The number of nitrogens with zero attached hydrogens (tertiary/aromatic N) is 2. The number of hydrogen-bond donors (Lipinski definition) is 1. The lowest BCUT2D eigenvalue weighted by Gasteiger charge is -2.21. The van der Waals surface area contributed by atoms with E-state index < -0.39 is 0 Å². The summed E-state index contributed by atoms with van der Waals surface area (Å²) in [6.45, 7) is 0.522. The molecule has 0 saturated heterocycles. The molecule has 0 amide bonds. The van der Waals surface area contributed by atoms with Gasteiger partial charge in [0.2, 0.25) is 0 Å². The molecule has 2 aromatic heterocycles. The first-order valence-electron chi connectivity index (χ1n) is 8.05. The lowest BCUT2D eigenvalue weighted by Crippen LogP contribution is -2.22. The van der Waals surface area contributed by atoms with Gasteiger partial charge in [0.1, 0.15) is 16.4 Å². The molecule has 1 aliphatic carbocycles. The highest BCUT2D eigenvalue weighted by molar-refractivity contribution is 7.18. The van der Waals surface area contributed by atoms with Crippen LogP contribution < -0.4 is 15.2 Å². The summed E-state index contributed by atoms with van der Waals surface area (Å²) in [4.78, 5) is 24.4. The summed E-state index contributed by atoms with van der Waals surface area (Å²) in [6.07, 6.45) is 3.22. The number of benzene rings is 1. The van der Waals surface area contributed by atoms with E-state index in [0.717, 1.165) is 40.9 Å². The van der Waals surface area contributed by atoms with Gasteiger partial charge in [-0.05, 0) is 37.0 Å². The van der Waals surface area contributed by atoms with E-state index in [9.17, 15) is 4.79 Å². The molecule has 6 heteroatoms. The van der Waals surface area contributed by atoms with Crippen molar-refractivity contribution >= 4 is 27.2 Å². The number of aryl methyl sites for hydroxylation is 2. The summed E-state index contributed by atoms with van der Waals surface area (Å²) in [6, 6.07) is 7.83. The van der Waals surface area contributed by atoms with Crippen molar-refractivity contribution in [2.45, 2.75) is 25.8 Å². The number of methoxy groups -OCH3 is 1.